The van der Waals surface area contributed by atoms with Crippen LogP contribution in [0.15, 0.2) is 108 Å². The summed E-state index contributed by atoms with van der Waals surface area (Å²) in [4.78, 5) is 29.5. The largest absolute Gasteiger partial charge is 0.354 e. The first-order valence-electron chi connectivity index (χ1n) is 14.3. The minimum atomic E-state index is -4.34. The molecule has 236 valence electrons. The predicted molar refractivity (Wildman–Crippen MR) is 176 cm³/mol. The zero-order chi connectivity index (χ0) is 32.6. The van der Waals surface area contributed by atoms with Crippen molar-refractivity contribution in [3.05, 3.63) is 130 Å². The molecule has 2 amide bonds. The molecule has 0 fully saturated rings. The van der Waals surface area contributed by atoms with E-state index >= 15 is 0 Å². The zero-order valence-electron chi connectivity index (χ0n) is 24.9. The molecule has 0 spiro atoms. The summed E-state index contributed by atoms with van der Waals surface area (Å²) < 4.78 is 43.0. The maximum absolute atomic E-state index is 14.4. The smallest absolute Gasteiger partial charge is 0.264 e. The zero-order valence-corrected chi connectivity index (χ0v) is 27.2. The van der Waals surface area contributed by atoms with Crippen molar-refractivity contribution in [3.63, 3.8) is 0 Å². The van der Waals surface area contributed by atoms with Crippen molar-refractivity contribution in [3.8, 4) is 0 Å². The van der Waals surface area contributed by atoms with Gasteiger partial charge in [-0.05, 0) is 59.5 Å². The van der Waals surface area contributed by atoms with E-state index in [1.165, 1.54) is 23.1 Å². The van der Waals surface area contributed by atoms with Crippen molar-refractivity contribution < 1.29 is 22.4 Å². The molecule has 0 saturated heterocycles. The number of sulfonamides is 1. The minimum absolute atomic E-state index is 0.00910. The number of benzene rings is 4. The number of hydrogen-bond donors (Lipinski definition) is 1. The van der Waals surface area contributed by atoms with Gasteiger partial charge in [0.15, 0.2) is 0 Å². The van der Waals surface area contributed by atoms with Crippen LogP contribution in [0, 0.1) is 11.7 Å². The second kappa shape index (κ2) is 15.4. The Labute approximate surface area is 273 Å². The van der Waals surface area contributed by atoms with Crippen LogP contribution >= 0.6 is 23.2 Å². The average molecular weight is 671 g/mol. The molecule has 0 aliphatic carbocycles. The molecule has 0 aliphatic rings. The van der Waals surface area contributed by atoms with Crippen LogP contribution in [-0.4, -0.2) is 44.3 Å². The first-order valence-corrected chi connectivity index (χ1v) is 16.5. The Morgan fingerprint density at radius 1 is 0.844 bits per heavy atom. The molecule has 45 heavy (non-hydrogen) atoms. The number of nitrogens with zero attached hydrogens (tertiary/aromatic N) is 2. The number of rotatable bonds is 13. The van der Waals surface area contributed by atoms with Gasteiger partial charge in [-0.2, -0.15) is 0 Å². The first kappa shape index (κ1) is 34.0. The van der Waals surface area contributed by atoms with Gasteiger partial charge in [-0.15, -0.1) is 0 Å². The monoisotopic (exact) mass is 669 g/mol. The topological polar surface area (TPSA) is 86.8 Å². The fraction of sp³-hybridized carbons (Fsp3) is 0.235. The van der Waals surface area contributed by atoms with Crippen LogP contribution in [0.2, 0.25) is 10.0 Å². The van der Waals surface area contributed by atoms with Crippen molar-refractivity contribution in [2.75, 3.05) is 17.4 Å². The first-order chi connectivity index (χ1) is 21.5. The SMILES string of the molecule is CC(C)CNC(=O)[C@@H](Cc1ccccc1)N(Cc1cccc(Cl)c1)C(=O)CN(c1ccc(F)c(Cl)c1)S(=O)(=O)c1ccccc1. The van der Waals surface area contributed by atoms with Crippen LogP contribution in [0.3, 0.4) is 0 Å². The van der Waals surface area contributed by atoms with Crippen LogP contribution in [0.4, 0.5) is 10.1 Å². The summed E-state index contributed by atoms with van der Waals surface area (Å²) in [5.41, 5.74) is 1.45. The van der Waals surface area contributed by atoms with E-state index in [0.29, 0.717) is 17.1 Å². The highest BCUT2D eigenvalue weighted by molar-refractivity contribution is 7.92. The van der Waals surface area contributed by atoms with E-state index in [4.69, 9.17) is 23.2 Å². The standard InChI is InChI=1S/C34H34Cl2FN3O4S/c1-24(2)21-38-34(42)32(19-25-10-5-3-6-11-25)39(22-26-12-9-13-27(35)18-26)33(41)23-40(28-16-17-31(37)30(36)20-28)45(43,44)29-14-7-4-8-15-29/h3-18,20,24,32H,19,21-23H2,1-2H3,(H,38,42)/t32-/m1/s1. The molecule has 0 aromatic heterocycles. The maximum atomic E-state index is 14.4. The van der Waals surface area contributed by atoms with Crippen molar-refractivity contribution in [1.29, 1.82) is 0 Å². The number of hydrogen-bond acceptors (Lipinski definition) is 4. The van der Waals surface area contributed by atoms with Gasteiger partial charge in [-0.1, -0.05) is 97.7 Å². The Balaban J connectivity index is 1.81. The van der Waals surface area contributed by atoms with Gasteiger partial charge < -0.3 is 10.2 Å². The van der Waals surface area contributed by atoms with Gasteiger partial charge in [0.2, 0.25) is 11.8 Å². The van der Waals surface area contributed by atoms with E-state index in [1.54, 1.807) is 42.5 Å². The molecule has 4 aromatic carbocycles. The number of nitrogens with one attached hydrogen (secondary N) is 1. The Morgan fingerprint density at radius 2 is 1.49 bits per heavy atom. The molecular formula is C34H34Cl2FN3O4S. The second-order valence-corrected chi connectivity index (χ2v) is 13.6. The lowest BCUT2D eigenvalue weighted by molar-refractivity contribution is -0.140. The summed E-state index contributed by atoms with van der Waals surface area (Å²) in [6, 6.07) is 26.2. The lowest BCUT2D eigenvalue weighted by Crippen LogP contribution is -2.53. The summed E-state index contributed by atoms with van der Waals surface area (Å²) in [5, 5.41) is 3.08. The van der Waals surface area contributed by atoms with Crippen molar-refractivity contribution in [2.24, 2.45) is 5.92 Å². The number of anilines is 1. The molecule has 7 nitrogen and oxygen atoms in total. The average Bonchev–Trinajstić information content (AvgIpc) is 3.02. The van der Waals surface area contributed by atoms with Crippen molar-refractivity contribution >= 4 is 50.7 Å². The normalized spacial score (nSPS) is 12.0. The Kier molecular flexibility index (Phi) is 11.6. The van der Waals surface area contributed by atoms with Gasteiger partial charge in [-0.3, -0.25) is 13.9 Å². The van der Waals surface area contributed by atoms with Gasteiger partial charge in [-0.25, -0.2) is 12.8 Å². The molecule has 0 bridgehead atoms. The molecule has 4 rings (SSSR count). The minimum Gasteiger partial charge on any atom is -0.354 e. The number of carbonyl (C=O) groups is 2. The summed E-state index contributed by atoms with van der Waals surface area (Å²) in [5.74, 6) is -1.63. The quantitative estimate of drug-likeness (QED) is 0.171. The third-order valence-electron chi connectivity index (χ3n) is 7.00. The summed E-state index contributed by atoms with van der Waals surface area (Å²) in [6.45, 7) is 3.58. The number of carbonyl (C=O) groups excluding carboxylic acids is 2. The van der Waals surface area contributed by atoms with Gasteiger partial charge in [0.1, 0.15) is 18.4 Å². The van der Waals surface area contributed by atoms with Crippen molar-refractivity contribution in [1.82, 2.24) is 10.2 Å². The third-order valence-corrected chi connectivity index (χ3v) is 9.31. The molecule has 0 heterocycles. The summed E-state index contributed by atoms with van der Waals surface area (Å²) >= 11 is 12.3. The lowest BCUT2D eigenvalue weighted by Gasteiger charge is -2.34. The van der Waals surface area contributed by atoms with Crippen LogP contribution < -0.4 is 9.62 Å². The molecule has 4 aromatic rings. The van der Waals surface area contributed by atoms with Crippen LogP contribution in [0.5, 0.6) is 0 Å². The summed E-state index contributed by atoms with van der Waals surface area (Å²) in [7, 11) is -4.34. The molecular weight excluding hydrogens is 636 g/mol. The second-order valence-electron chi connectivity index (χ2n) is 10.9. The van der Waals surface area contributed by atoms with Gasteiger partial charge in [0, 0.05) is 24.5 Å². The van der Waals surface area contributed by atoms with E-state index in [-0.39, 0.29) is 40.4 Å². The number of halogens is 3. The van der Waals surface area contributed by atoms with Crippen LogP contribution in [0.25, 0.3) is 0 Å². The Hall–Kier alpha value is -3.92. The van der Waals surface area contributed by atoms with E-state index in [9.17, 15) is 22.4 Å². The maximum Gasteiger partial charge on any atom is 0.264 e. The Bertz CT molecular complexity index is 1720. The third kappa shape index (κ3) is 9.06. The van der Waals surface area contributed by atoms with Gasteiger partial charge in [0.25, 0.3) is 10.0 Å². The van der Waals surface area contributed by atoms with E-state index in [0.717, 1.165) is 22.0 Å². The van der Waals surface area contributed by atoms with E-state index in [1.807, 2.05) is 44.2 Å². The van der Waals surface area contributed by atoms with E-state index < -0.39 is 34.3 Å². The van der Waals surface area contributed by atoms with Crippen LogP contribution in [0.1, 0.15) is 25.0 Å². The molecule has 1 atom stereocenters. The highest BCUT2D eigenvalue weighted by Crippen LogP contribution is 2.28. The fourth-order valence-electron chi connectivity index (χ4n) is 4.70. The lowest BCUT2D eigenvalue weighted by atomic mass is 10.0. The summed E-state index contributed by atoms with van der Waals surface area (Å²) in [6.07, 6.45) is 0.172. The fourth-order valence-corrected chi connectivity index (χ4v) is 6.51. The van der Waals surface area contributed by atoms with Gasteiger partial charge >= 0.3 is 0 Å². The molecule has 0 unspecified atom stereocenters. The highest BCUT2D eigenvalue weighted by Gasteiger charge is 2.35. The molecule has 11 heteroatoms. The van der Waals surface area contributed by atoms with Crippen molar-refractivity contribution in [2.45, 2.75) is 37.8 Å². The molecule has 1 N–H and O–H groups in total. The van der Waals surface area contributed by atoms with Gasteiger partial charge in [0.05, 0.1) is 15.6 Å². The molecule has 0 aliphatic heterocycles. The van der Waals surface area contributed by atoms with E-state index in [2.05, 4.69) is 5.32 Å². The molecule has 0 saturated carbocycles. The number of amides is 2. The molecule has 0 radical (unpaired) electrons. The Morgan fingerprint density at radius 3 is 2.11 bits per heavy atom. The predicted octanol–water partition coefficient (Wildman–Crippen LogP) is 6.74. The highest BCUT2D eigenvalue weighted by atomic mass is 35.5. The van der Waals surface area contributed by atoms with Crippen LogP contribution in [-0.2, 0) is 32.6 Å².